The second kappa shape index (κ2) is 7.65. The molecule has 2 heterocycles. The summed E-state index contributed by atoms with van der Waals surface area (Å²) in [5.41, 5.74) is 2.83. The minimum absolute atomic E-state index is 0.260. The fraction of sp³-hybridized carbons (Fsp3) is 0.278. The molecule has 3 rings (SSSR count). The molecule has 1 aromatic carbocycles. The van der Waals surface area contributed by atoms with Crippen LogP contribution in [0.5, 0.6) is 0 Å². The molecule has 0 aliphatic carbocycles. The summed E-state index contributed by atoms with van der Waals surface area (Å²) in [5.74, 6) is 0.774. The zero-order chi connectivity index (χ0) is 17.6. The predicted molar refractivity (Wildman–Crippen MR) is 94.8 cm³/mol. The van der Waals surface area contributed by atoms with Crippen LogP contribution in [0.15, 0.2) is 48.8 Å². The number of aromatic nitrogens is 4. The van der Waals surface area contributed by atoms with Crippen LogP contribution in [0.25, 0.3) is 0 Å². The Morgan fingerprint density at radius 3 is 2.76 bits per heavy atom. The van der Waals surface area contributed by atoms with E-state index in [2.05, 4.69) is 25.8 Å². The number of nitrogens with one attached hydrogen (secondary N) is 3. The normalized spacial score (nSPS) is 11.9. The molecule has 0 radical (unpaired) electrons. The number of H-pyrrole nitrogens is 1. The molecule has 2 aromatic heterocycles. The van der Waals surface area contributed by atoms with Crippen molar-refractivity contribution in [2.24, 2.45) is 7.05 Å². The molecule has 3 N–H and O–H groups in total. The number of carbonyl (C=O) groups excluding carboxylic acids is 1. The van der Waals surface area contributed by atoms with Crippen molar-refractivity contribution >= 4 is 6.03 Å². The summed E-state index contributed by atoms with van der Waals surface area (Å²) in [6, 6.07) is 11.2. The number of amides is 2. The Morgan fingerprint density at radius 1 is 1.32 bits per heavy atom. The number of hydrogen-bond donors (Lipinski definition) is 3. The van der Waals surface area contributed by atoms with Gasteiger partial charge in [-0.15, -0.1) is 0 Å². The van der Waals surface area contributed by atoms with E-state index >= 15 is 0 Å². The van der Waals surface area contributed by atoms with Crippen LogP contribution in [0.3, 0.4) is 0 Å². The minimum atomic E-state index is -0.325. The number of benzene rings is 1. The van der Waals surface area contributed by atoms with Gasteiger partial charge >= 0.3 is 6.03 Å². The van der Waals surface area contributed by atoms with Crippen LogP contribution < -0.4 is 10.6 Å². The quantitative estimate of drug-likeness (QED) is 0.644. The van der Waals surface area contributed by atoms with E-state index in [9.17, 15) is 4.79 Å². The molecule has 0 aliphatic heterocycles. The van der Waals surface area contributed by atoms with Gasteiger partial charge in [-0.05, 0) is 18.1 Å². The number of aryl methyl sites for hydroxylation is 2. The first-order valence-corrected chi connectivity index (χ1v) is 8.27. The molecule has 130 valence electrons. The summed E-state index contributed by atoms with van der Waals surface area (Å²) >= 11 is 0. The highest BCUT2D eigenvalue weighted by Gasteiger charge is 2.20. The first-order valence-electron chi connectivity index (χ1n) is 8.27. The van der Waals surface area contributed by atoms with Crippen LogP contribution >= 0.6 is 0 Å². The second-order valence-electron chi connectivity index (χ2n) is 5.81. The molecule has 2 amide bonds. The van der Waals surface area contributed by atoms with E-state index in [0.717, 1.165) is 29.2 Å². The number of carbonyl (C=O) groups is 1. The van der Waals surface area contributed by atoms with Crippen molar-refractivity contribution in [1.29, 1.82) is 0 Å². The van der Waals surface area contributed by atoms with Crippen molar-refractivity contribution in [3.05, 3.63) is 71.6 Å². The number of urea groups is 1. The van der Waals surface area contributed by atoms with E-state index < -0.39 is 0 Å². The van der Waals surface area contributed by atoms with Crippen molar-refractivity contribution in [2.45, 2.75) is 25.9 Å². The SMILES string of the molecule is CCc1cc(CNC(=O)NC(c2ccccc2)c2nccn2C)[nH]n1. The smallest absolute Gasteiger partial charge is 0.315 e. The van der Waals surface area contributed by atoms with E-state index in [-0.39, 0.29) is 12.1 Å². The van der Waals surface area contributed by atoms with E-state index in [0.29, 0.717) is 6.54 Å². The number of imidazole rings is 1. The summed E-state index contributed by atoms with van der Waals surface area (Å²) in [7, 11) is 1.91. The van der Waals surface area contributed by atoms with E-state index in [1.54, 1.807) is 6.20 Å². The Kier molecular flexibility index (Phi) is 5.13. The molecule has 25 heavy (non-hydrogen) atoms. The van der Waals surface area contributed by atoms with Crippen LogP contribution in [0.2, 0.25) is 0 Å². The number of hydrogen-bond acceptors (Lipinski definition) is 3. The van der Waals surface area contributed by atoms with Gasteiger partial charge < -0.3 is 15.2 Å². The van der Waals surface area contributed by atoms with Crippen molar-refractivity contribution in [1.82, 2.24) is 30.4 Å². The molecule has 7 nitrogen and oxygen atoms in total. The lowest BCUT2D eigenvalue weighted by Gasteiger charge is -2.19. The molecular weight excluding hydrogens is 316 g/mol. The standard InChI is InChI=1S/C18H22N6O/c1-3-14-11-15(23-22-14)12-20-18(25)21-16(13-7-5-4-6-8-13)17-19-9-10-24(17)2/h4-11,16H,3,12H2,1-2H3,(H,22,23)(H2,20,21,25). The van der Waals surface area contributed by atoms with Gasteiger partial charge in [-0.1, -0.05) is 37.3 Å². The van der Waals surface area contributed by atoms with E-state index in [1.165, 1.54) is 0 Å². The predicted octanol–water partition coefficient (Wildman–Crippen LogP) is 2.29. The molecule has 0 fully saturated rings. The maximum absolute atomic E-state index is 12.4. The lowest BCUT2D eigenvalue weighted by Crippen LogP contribution is -2.39. The van der Waals surface area contributed by atoms with Crippen LogP contribution in [-0.4, -0.2) is 25.8 Å². The van der Waals surface area contributed by atoms with Crippen molar-refractivity contribution in [3.63, 3.8) is 0 Å². The molecular formula is C18H22N6O. The highest BCUT2D eigenvalue weighted by atomic mass is 16.2. The monoisotopic (exact) mass is 338 g/mol. The van der Waals surface area contributed by atoms with Gasteiger partial charge in [0.05, 0.1) is 17.9 Å². The fourth-order valence-corrected chi connectivity index (χ4v) is 2.64. The Bertz CT molecular complexity index is 823. The highest BCUT2D eigenvalue weighted by Crippen LogP contribution is 2.19. The number of nitrogens with zero attached hydrogens (tertiary/aromatic N) is 3. The Morgan fingerprint density at radius 2 is 2.12 bits per heavy atom. The van der Waals surface area contributed by atoms with Gasteiger partial charge in [0.25, 0.3) is 0 Å². The maximum atomic E-state index is 12.4. The zero-order valence-corrected chi connectivity index (χ0v) is 14.4. The lowest BCUT2D eigenvalue weighted by atomic mass is 10.1. The highest BCUT2D eigenvalue weighted by molar-refractivity contribution is 5.74. The molecule has 0 saturated heterocycles. The largest absolute Gasteiger partial charge is 0.336 e. The zero-order valence-electron chi connectivity index (χ0n) is 14.4. The third-order valence-corrected chi connectivity index (χ3v) is 4.01. The molecule has 0 aliphatic rings. The third kappa shape index (κ3) is 4.06. The topological polar surface area (TPSA) is 87.6 Å². The first-order chi connectivity index (χ1) is 12.2. The van der Waals surface area contributed by atoms with E-state index in [1.807, 2.05) is 61.1 Å². The summed E-state index contributed by atoms with van der Waals surface area (Å²) in [5, 5.41) is 12.9. The number of rotatable bonds is 6. The number of aromatic amines is 1. The molecule has 7 heteroatoms. The van der Waals surface area contributed by atoms with Gasteiger partial charge in [0.15, 0.2) is 0 Å². The van der Waals surface area contributed by atoms with E-state index in [4.69, 9.17) is 0 Å². The Balaban J connectivity index is 1.69. The van der Waals surface area contributed by atoms with Gasteiger partial charge in [-0.2, -0.15) is 5.10 Å². The minimum Gasteiger partial charge on any atom is -0.336 e. The van der Waals surface area contributed by atoms with Crippen molar-refractivity contribution in [2.75, 3.05) is 0 Å². The molecule has 0 saturated carbocycles. The molecule has 0 spiro atoms. The molecule has 1 atom stereocenters. The van der Waals surface area contributed by atoms with Gasteiger partial charge in [0.1, 0.15) is 11.9 Å². The fourth-order valence-electron chi connectivity index (χ4n) is 2.64. The Labute approximate surface area is 146 Å². The third-order valence-electron chi connectivity index (χ3n) is 4.01. The molecule has 0 bridgehead atoms. The van der Waals surface area contributed by atoms with Crippen LogP contribution in [0, 0.1) is 0 Å². The van der Waals surface area contributed by atoms with Gasteiger partial charge in [0.2, 0.25) is 0 Å². The van der Waals surface area contributed by atoms with Crippen LogP contribution in [0.1, 0.15) is 35.7 Å². The summed E-state index contributed by atoms with van der Waals surface area (Å²) in [6.45, 7) is 2.43. The van der Waals surface area contributed by atoms with Gasteiger partial charge in [-0.25, -0.2) is 9.78 Å². The summed E-state index contributed by atoms with van der Waals surface area (Å²) < 4.78 is 1.90. The summed E-state index contributed by atoms with van der Waals surface area (Å²) in [6.07, 6.45) is 4.45. The second-order valence-corrected chi connectivity index (χ2v) is 5.81. The first kappa shape index (κ1) is 16.8. The molecule has 3 aromatic rings. The van der Waals surface area contributed by atoms with Gasteiger partial charge in [-0.3, -0.25) is 5.10 Å². The average Bonchev–Trinajstić information content (AvgIpc) is 3.27. The van der Waals surface area contributed by atoms with Crippen molar-refractivity contribution < 1.29 is 4.79 Å². The van der Waals surface area contributed by atoms with Crippen LogP contribution in [0.4, 0.5) is 4.79 Å². The van der Waals surface area contributed by atoms with Crippen molar-refractivity contribution in [3.8, 4) is 0 Å². The maximum Gasteiger partial charge on any atom is 0.315 e. The molecule has 1 unspecified atom stereocenters. The van der Waals surface area contributed by atoms with Crippen LogP contribution in [-0.2, 0) is 20.0 Å². The van der Waals surface area contributed by atoms with Gasteiger partial charge in [0, 0.05) is 19.4 Å². The lowest BCUT2D eigenvalue weighted by molar-refractivity contribution is 0.237. The summed E-state index contributed by atoms with van der Waals surface area (Å²) in [4.78, 5) is 16.8. The average molecular weight is 338 g/mol. The Hall–Kier alpha value is -3.09.